The largest absolute Gasteiger partial charge is 0.383 e. The van der Waals surface area contributed by atoms with Crippen molar-refractivity contribution in [1.82, 2.24) is 4.90 Å². The van der Waals surface area contributed by atoms with E-state index in [-0.39, 0.29) is 5.54 Å². The summed E-state index contributed by atoms with van der Waals surface area (Å²) in [7, 11) is 1.71. The lowest BCUT2D eigenvalue weighted by Gasteiger charge is -2.30. The monoisotopic (exact) mass is 203 g/mol. The van der Waals surface area contributed by atoms with Crippen molar-refractivity contribution in [2.45, 2.75) is 44.8 Å². The number of methoxy groups -OCH3 is 1. The fourth-order valence-corrected chi connectivity index (χ4v) is 2.72. The molecule has 0 aromatic carbocycles. The quantitative estimate of drug-likeness (QED) is 0.682. The third kappa shape index (κ3) is 2.09. The van der Waals surface area contributed by atoms with Crippen LogP contribution >= 0.6 is 0 Å². The molecule has 0 radical (unpaired) electrons. The molecule has 2 nitrogen and oxygen atoms in total. The summed E-state index contributed by atoms with van der Waals surface area (Å²) in [6.45, 7) is 6.39. The number of hydrogen-bond acceptors (Lipinski definition) is 2. The number of fused-ring (bicyclic) bond motifs is 1. The van der Waals surface area contributed by atoms with E-state index in [0.29, 0.717) is 19.6 Å². The Morgan fingerprint density at radius 2 is 2.21 bits per heavy atom. The van der Waals surface area contributed by atoms with E-state index in [1.54, 1.807) is 7.11 Å². The highest BCUT2D eigenvalue weighted by Crippen LogP contribution is 2.39. The Balaban J connectivity index is 0.000000461. The third-order valence-corrected chi connectivity index (χ3v) is 3.17. The molecule has 0 amide bonds. The molecule has 2 atom stereocenters. The van der Waals surface area contributed by atoms with Gasteiger partial charge in [0.1, 0.15) is 6.17 Å². The van der Waals surface area contributed by atoms with E-state index in [9.17, 15) is 4.39 Å². The van der Waals surface area contributed by atoms with Crippen molar-refractivity contribution in [2.24, 2.45) is 0 Å². The van der Waals surface area contributed by atoms with Crippen LogP contribution in [0.3, 0.4) is 0 Å². The summed E-state index contributed by atoms with van der Waals surface area (Å²) >= 11 is 0. The number of ether oxygens (including phenoxy) is 1. The van der Waals surface area contributed by atoms with Crippen molar-refractivity contribution >= 4 is 0 Å². The number of halogens is 1. The summed E-state index contributed by atoms with van der Waals surface area (Å²) in [6, 6.07) is 0. The van der Waals surface area contributed by atoms with Crippen LogP contribution in [0.2, 0.25) is 0 Å². The fraction of sp³-hybridized carbons (Fsp3) is 1.00. The van der Waals surface area contributed by atoms with Crippen LogP contribution in [-0.4, -0.2) is 43.4 Å². The molecule has 0 saturated carbocycles. The summed E-state index contributed by atoms with van der Waals surface area (Å²) in [5, 5.41) is 0. The zero-order chi connectivity index (χ0) is 10.6. The maximum atomic E-state index is 13.1. The zero-order valence-corrected chi connectivity index (χ0v) is 9.55. The van der Waals surface area contributed by atoms with Gasteiger partial charge < -0.3 is 4.74 Å². The fourth-order valence-electron chi connectivity index (χ4n) is 2.72. The summed E-state index contributed by atoms with van der Waals surface area (Å²) in [5.41, 5.74) is 0.0637. The average Bonchev–Trinajstić information content (AvgIpc) is 2.64. The molecule has 0 N–H and O–H groups in total. The van der Waals surface area contributed by atoms with Crippen molar-refractivity contribution in [3.05, 3.63) is 0 Å². The van der Waals surface area contributed by atoms with Crippen molar-refractivity contribution < 1.29 is 9.13 Å². The Morgan fingerprint density at radius 1 is 1.50 bits per heavy atom. The van der Waals surface area contributed by atoms with Gasteiger partial charge >= 0.3 is 0 Å². The maximum absolute atomic E-state index is 13.1. The summed E-state index contributed by atoms with van der Waals surface area (Å²) < 4.78 is 18.3. The molecule has 0 aromatic heterocycles. The van der Waals surface area contributed by atoms with E-state index >= 15 is 0 Å². The van der Waals surface area contributed by atoms with Crippen LogP contribution in [0, 0.1) is 0 Å². The van der Waals surface area contributed by atoms with Crippen molar-refractivity contribution in [1.29, 1.82) is 0 Å². The summed E-state index contributed by atoms with van der Waals surface area (Å²) in [5.74, 6) is 0. The first-order valence-electron chi connectivity index (χ1n) is 5.65. The van der Waals surface area contributed by atoms with Gasteiger partial charge in [-0.1, -0.05) is 13.8 Å². The van der Waals surface area contributed by atoms with Crippen LogP contribution in [0.5, 0.6) is 0 Å². The first-order chi connectivity index (χ1) is 6.77. The number of hydrogen-bond donors (Lipinski definition) is 0. The first kappa shape index (κ1) is 11.9. The van der Waals surface area contributed by atoms with Crippen LogP contribution in [-0.2, 0) is 4.74 Å². The second-order valence-corrected chi connectivity index (χ2v) is 4.01. The molecule has 0 aliphatic carbocycles. The molecule has 2 saturated heterocycles. The van der Waals surface area contributed by atoms with E-state index in [1.165, 1.54) is 6.42 Å². The maximum Gasteiger partial charge on any atom is 0.115 e. The van der Waals surface area contributed by atoms with E-state index in [2.05, 4.69) is 4.90 Å². The highest BCUT2D eigenvalue weighted by molar-refractivity contribution is 5.03. The molecule has 0 aromatic rings. The average molecular weight is 203 g/mol. The van der Waals surface area contributed by atoms with E-state index < -0.39 is 6.17 Å². The van der Waals surface area contributed by atoms with Gasteiger partial charge in [-0.3, -0.25) is 4.90 Å². The van der Waals surface area contributed by atoms with Gasteiger partial charge in [-0.25, -0.2) is 4.39 Å². The minimum atomic E-state index is -0.625. The molecule has 2 aliphatic rings. The number of alkyl halides is 1. The van der Waals surface area contributed by atoms with Crippen molar-refractivity contribution in [3.63, 3.8) is 0 Å². The second kappa shape index (κ2) is 5.08. The molecular formula is C11H22FNO. The Labute approximate surface area is 86.4 Å². The molecule has 0 unspecified atom stereocenters. The molecule has 2 aliphatic heterocycles. The predicted octanol–water partition coefficient (Wildman–Crippen LogP) is 2.24. The van der Waals surface area contributed by atoms with E-state index in [0.717, 1.165) is 13.0 Å². The SMILES string of the molecule is CC.COC[C@@]12CCCN1C[C@H](F)C2. The minimum Gasteiger partial charge on any atom is -0.383 e. The lowest BCUT2D eigenvalue weighted by molar-refractivity contribution is 0.0652. The Kier molecular flexibility index (Phi) is 4.32. The highest BCUT2D eigenvalue weighted by Gasteiger charge is 2.48. The molecule has 2 rings (SSSR count). The molecule has 0 spiro atoms. The topological polar surface area (TPSA) is 12.5 Å². The van der Waals surface area contributed by atoms with E-state index in [4.69, 9.17) is 4.74 Å². The van der Waals surface area contributed by atoms with Crippen LogP contribution in [0.1, 0.15) is 33.1 Å². The zero-order valence-electron chi connectivity index (χ0n) is 9.55. The van der Waals surface area contributed by atoms with Gasteiger partial charge in [0.05, 0.1) is 6.61 Å². The molecule has 2 fully saturated rings. The lowest BCUT2D eigenvalue weighted by Crippen LogP contribution is -2.42. The van der Waals surface area contributed by atoms with E-state index in [1.807, 2.05) is 13.8 Å². The van der Waals surface area contributed by atoms with Gasteiger partial charge in [0.2, 0.25) is 0 Å². The Morgan fingerprint density at radius 3 is 2.86 bits per heavy atom. The Bertz CT molecular complexity index is 177. The van der Waals surface area contributed by atoms with Crippen LogP contribution in [0.15, 0.2) is 0 Å². The molecule has 14 heavy (non-hydrogen) atoms. The molecule has 0 bridgehead atoms. The lowest BCUT2D eigenvalue weighted by atomic mass is 9.95. The van der Waals surface area contributed by atoms with Gasteiger partial charge in [-0.05, 0) is 19.4 Å². The molecule has 3 heteroatoms. The van der Waals surface area contributed by atoms with Gasteiger partial charge in [0.15, 0.2) is 0 Å². The van der Waals surface area contributed by atoms with Crippen LogP contribution in [0.4, 0.5) is 4.39 Å². The molecule has 84 valence electrons. The first-order valence-corrected chi connectivity index (χ1v) is 5.65. The number of nitrogens with zero attached hydrogens (tertiary/aromatic N) is 1. The van der Waals surface area contributed by atoms with Crippen LogP contribution in [0.25, 0.3) is 0 Å². The summed E-state index contributed by atoms with van der Waals surface area (Å²) in [4.78, 5) is 2.27. The minimum absolute atomic E-state index is 0.0637. The standard InChI is InChI=1S/C9H16FNO.C2H6/c1-12-7-9-3-2-4-11(9)6-8(10)5-9;1-2/h8H,2-7H2,1H3;1-2H3/t8-,9+;/m1./s1. The molecular weight excluding hydrogens is 181 g/mol. The Hall–Kier alpha value is -0.150. The van der Waals surface area contributed by atoms with Gasteiger partial charge in [-0.15, -0.1) is 0 Å². The predicted molar refractivity (Wildman–Crippen MR) is 56.3 cm³/mol. The molecule has 2 heterocycles. The van der Waals surface area contributed by atoms with Crippen LogP contribution < -0.4 is 0 Å². The van der Waals surface area contributed by atoms with Gasteiger partial charge in [0, 0.05) is 25.6 Å². The normalized spacial score (nSPS) is 36.4. The highest BCUT2D eigenvalue weighted by atomic mass is 19.1. The van der Waals surface area contributed by atoms with Gasteiger partial charge in [0.25, 0.3) is 0 Å². The summed E-state index contributed by atoms with van der Waals surface area (Å²) in [6.07, 6.45) is 2.37. The second-order valence-electron chi connectivity index (χ2n) is 4.01. The smallest absolute Gasteiger partial charge is 0.115 e. The van der Waals surface area contributed by atoms with Crippen molar-refractivity contribution in [3.8, 4) is 0 Å². The number of rotatable bonds is 2. The third-order valence-electron chi connectivity index (χ3n) is 3.17. The van der Waals surface area contributed by atoms with Crippen molar-refractivity contribution in [2.75, 3.05) is 26.8 Å². The van der Waals surface area contributed by atoms with Gasteiger partial charge in [-0.2, -0.15) is 0 Å².